The van der Waals surface area contributed by atoms with Crippen LogP contribution >= 0.6 is 0 Å². The number of rotatable bonds is 4. The van der Waals surface area contributed by atoms with E-state index in [0.717, 1.165) is 77.5 Å². The highest BCUT2D eigenvalue weighted by Gasteiger charge is 2.22. The number of benzene rings is 6. The van der Waals surface area contributed by atoms with Gasteiger partial charge in [0.15, 0.2) is 5.84 Å². The minimum atomic E-state index is -0.255. The van der Waals surface area contributed by atoms with Crippen LogP contribution in [0, 0.1) is 0 Å². The Morgan fingerprint density at radius 2 is 1.23 bits per heavy atom. The third-order valence-corrected chi connectivity index (χ3v) is 8.35. The van der Waals surface area contributed by atoms with Gasteiger partial charge in [-0.25, -0.2) is 9.98 Å². The summed E-state index contributed by atoms with van der Waals surface area (Å²) in [6.45, 7) is 0. The summed E-state index contributed by atoms with van der Waals surface area (Å²) in [5.74, 6) is 1.46. The molecule has 8 aromatic rings. The van der Waals surface area contributed by atoms with Gasteiger partial charge in [0, 0.05) is 32.7 Å². The van der Waals surface area contributed by atoms with Crippen LogP contribution in [-0.4, -0.2) is 11.7 Å². The molecule has 9 rings (SSSR count). The number of aliphatic imine (C=N–C) groups is 2. The van der Waals surface area contributed by atoms with Gasteiger partial charge in [-0.15, -0.1) is 0 Å². The molecule has 5 nitrogen and oxygen atoms in total. The highest BCUT2D eigenvalue weighted by Crippen LogP contribution is 2.39. The Kier molecular flexibility index (Phi) is 5.50. The fraction of sp³-hybridized carbons (Fsp3) is 0.0256. The number of nitrogens with one attached hydrogen (secondary N) is 1. The van der Waals surface area contributed by atoms with Gasteiger partial charge in [0.25, 0.3) is 0 Å². The molecule has 1 N–H and O–H groups in total. The summed E-state index contributed by atoms with van der Waals surface area (Å²) in [7, 11) is 0. The van der Waals surface area contributed by atoms with Gasteiger partial charge in [-0.3, -0.25) is 0 Å². The molecule has 208 valence electrons. The molecule has 0 fully saturated rings. The lowest BCUT2D eigenvalue weighted by Gasteiger charge is -2.23. The van der Waals surface area contributed by atoms with Crippen molar-refractivity contribution in [3.8, 4) is 11.1 Å². The molecular weight excluding hydrogens is 542 g/mol. The fourth-order valence-electron chi connectivity index (χ4n) is 6.23. The molecule has 1 aliphatic rings. The van der Waals surface area contributed by atoms with Crippen LogP contribution in [0.5, 0.6) is 0 Å². The molecular formula is C39H25N3O2. The van der Waals surface area contributed by atoms with Gasteiger partial charge < -0.3 is 14.2 Å². The minimum Gasteiger partial charge on any atom is -0.456 e. The summed E-state index contributed by atoms with van der Waals surface area (Å²) in [6.07, 6.45) is -0.255. The molecule has 0 bridgehead atoms. The molecule has 0 spiro atoms. The molecule has 0 saturated heterocycles. The van der Waals surface area contributed by atoms with Crippen molar-refractivity contribution in [2.24, 2.45) is 9.98 Å². The Hall–Kier alpha value is -5.94. The van der Waals surface area contributed by atoms with Crippen LogP contribution in [0.2, 0.25) is 0 Å². The molecule has 0 radical (unpaired) electrons. The highest BCUT2D eigenvalue weighted by molar-refractivity contribution is 6.16. The first kappa shape index (κ1) is 24.6. The van der Waals surface area contributed by atoms with Gasteiger partial charge in [-0.1, -0.05) is 103 Å². The van der Waals surface area contributed by atoms with Crippen LogP contribution in [0.3, 0.4) is 0 Å². The topological polar surface area (TPSA) is 63.0 Å². The zero-order chi connectivity index (χ0) is 29.0. The van der Waals surface area contributed by atoms with Crippen molar-refractivity contribution in [1.82, 2.24) is 5.32 Å². The number of hydrogen-bond acceptors (Lipinski definition) is 5. The van der Waals surface area contributed by atoms with Crippen molar-refractivity contribution in [1.29, 1.82) is 0 Å². The molecule has 2 aromatic heterocycles. The summed E-state index contributed by atoms with van der Waals surface area (Å²) in [4.78, 5) is 9.99. The largest absolute Gasteiger partial charge is 0.456 e. The van der Waals surface area contributed by atoms with Crippen molar-refractivity contribution >= 4 is 55.5 Å². The van der Waals surface area contributed by atoms with Crippen LogP contribution in [0.25, 0.3) is 55.0 Å². The van der Waals surface area contributed by atoms with E-state index in [4.69, 9.17) is 18.8 Å². The second kappa shape index (κ2) is 9.82. The first-order chi connectivity index (χ1) is 21.8. The Morgan fingerprint density at radius 1 is 0.500 bits per heavy atom. The van der Waals surface area contributed by atoms with Crippen molar-refractivity contribution in [2.45, 2.75) is 6.17 Å². The van der Waals surface area contributed by atoms with E-state index < -0.39 is 0 Å². The van der Waals surface area contributed by atoms with Gasteiger partial charge in [0.2, 0.25) is 0 Å². The predicted molar refractivity (Wildman–Crippen MR) is 178 cm³/mol. The maximum absolute atomic E-state index is 6.40. The predicted octanol–water partition coefficient (Wildman–Crippen LogP) is 9.65. The molecule has 0 saturated carbocycles. The molecule has 44 heavy (non-hydrogen) atoms. The second-order valence-electron chi connectivity index (χ2n) is 11.0. The van der Waals surface area contributed by atoms with Gasteiger partial charge in [0.05, 0.1) is 0 Å². The third kappa shape index (κ3) is 4.02. The molecule has 6 aromatic carbocycles. The summed E-state index contributed by atoms with van der Waals surface area (Å²) in [5, 5.41) is 7.88. The Labute approximate surface area is 252 Å². The zero-order valence-corrected chi connectivity index (χ0v) is 23.6. The second-order valence-corrected chi connectivity index (χ2v) is 11.0. The number of nitrogens with zero attached hydrogens (tertiary/aromatic N) is 2. The molecule has 0 aliphatic carbocycles. The standard InChI is InChI=1S/C39H25N3O2/c1-3-10-24(11-4-1)37-40-38(25-12-5-2-6-13-25)42-39(41-37)27-18-20-29-31-22-26(19-21-33(31)44-35(29)23-27)28-15-9-17-34-36(28)30-14-7-8-16-32(30)43-34/h1-23,37H,(H,40,41,42). The summed E-state index contributed by atoms with van der Waals surface area (Å²) in [6, 6.07) is 47.5. The molecule has 1 unspecified atom stereocenters. The van der Waals surface area contributed by atoms with E-state index >= 15 is 0 Å². The Morgan fingerprint density at radius 3 is 2.11 bits per heavy atom. The van der Waals surface area contributed by atoms with E-state index in [1.54, 1.807) is 0 Å². The molecule has 3 heterocycles. The van der Waals surface area contributed by atoms with Crippen LogP contribution in [-0.2, 0) is 0 Å². The van der Waals surface area contributed by atoms with E-state index in [0.29, 0.717) is 5.84 Å². The Bertz CT molecular complexity index is 2420. The average Bonchev–Trinajstić information content (AvgIpc) is 3.66. The SMILES string of the molecule is c1ccc(C2=NC(c3ccc4c(c3)oc3ccc(-c5cccc6oc7ccccc7c56)cc34)=NC(c3ccccc3)N2)cc1. The quantitative estimate of drug-likeness (QED) is 0.230. The lowest BCUT2D eigenvalue weighted by atomic mass is 9.98. The smallest absolute Gasteiger partial charge is 0.159 e. The normalized spacial score (nSPS) is 15.0. The third-order valence-electron chi connectivity index (χ3n) is 8.35. The summed E-state index contributed by atoms with van der Waals surface area (Å²) in [5.41, 5.74) is 8.67. The molecule has 1 atom stereocenters. The van der Waals surface area contributed by atoms with E-state index in [2.05, 4.69) is 90.2 Å². The molecule has 0 amide bonds. The van der Waals surface area contributed by atoms with E-state index in [-0.39, 0.29) is 6.17 Å². The number of amidine groups is 2. The summed E-state index contributed by atoms with van der Waals surface area (Å²) >= 11 is 0. The van der Waals surface area contributed by atoms with Crippen LogP contribution in [0.15, 0.2) is 158 Å². The Balaban J connectivity index is 1.16. The van der Waals surface area contributed by atoms with Gasteiger partial charge in [-0.2, -0.15) is 0 Å². The van der Waals surface area contributed by atoms with Crippen LogP contribution < -0.4 is 5.32 Å². The monoisotopic (exact) mass is 567 g/mol. The first-order valence-electron chi connectivity index (χ1n) is 14.7. The van der Waals surface area contributed by atoms with E-state index in [1.807, 2.05) is 54.6 Å². The number of furan rings is 2. The highest BCUT2D eigenvalue weighted by atomic mass is 16.3. The maximum atomic E-state index is 6.40. The molecule has 5 heteroatoms. The van der Waals surface area contributed by atoms with Crippen molar-refractivity contribution in [2.75, 3.05) is 0 Å². The maximum Gasteiger partial charge on any atom is 0.159 e. The summed E-state index contributed by atoms with van der Waals surface area (Å²) < 4.78 is 12.6. The van der Waals surface area contributed by atoms with Gasteiger partial charge >= 0.3 is 0 Å². The molecule has 1 aliphatic heterocycles. The van der Waals surface area contributed by atoms with Gasteiger partial charge in [-0.05, 0) is 53.1 Å². The number of hydrogen-bond donors (Lipinski definition) is 1. The lowest BCUT2D eigenvalue weighted by molar-refractivity contribution is 0.667. The van der Waals surface area contributed by atoms with Gasteiger partial charge in [0.1, 0.15) is 34.3 Å². The zero-order valence-electron chi connectivity index (χ0n) is 23.6. The van der Waals surface area contributed by atoms with Crippen molar-refractivity contribution in [3.05, 3.63) is 156 Å². The van der Waals surface area contributed by atoms with Crippen molar-refractivity contribution in [3.63, 3.8) is 0 Å². The van der Waals surface area contributed by atoms with Crippen molar-refractivity contribution < 1.29 is 8.83 Å². The van der Waals surface area contributed by atoms with Crippen LogP contribution in [0.4, 0.5) is 0 Å². The van der Waals surface area contributed by atoms with Crippen LogP contribution in [0.1, 0.15) is 22.9 Å². The van der Waals surface area contributed by atoms with E-state index in [1.165, 1.54) is 0 Å². The fourth-order valence-corrected chi connectivity index (χ4v) is 6.23. The van der Waals surface area contributed by atoms with E-state index in [9.17, 15) is 0 Å². The minimum absolute atomic E-state index is 0.255. The average molecular weight is 568 g/mol. The first-order valence-corrected chi connectivity index (χ1v) is 14.7. The number of para-hydroxylation sites is 1. The lowest BCUT2D eigenvalue weighted by Crippen LogP contribution is -2.33. The number of fused-ring (bicyclic) bond motifs is 6.